The van der Waals surface area contributed by atoms with E-state index in [4.69, 9.17) is 23.2 Å². The normalized spacial score (nSPS) is 10.2. The first kappa shape index (κ1) is 15.1. The number of anilines is 1. The third kappa shape index (κ3) is 3.23. The summed E-state index contributed by atoms with van der Waals surface area (Å²) in [5, 5.41) is 12.6. The summed E-state index contributed by atoms with van der Waals surface area (Å²) >= 11 is 11.5. The van der Waals surface area contributed by atoms with Gasteiger partial charge in [0.2, 0.25) is 0 Å². The minimum Gasteiger partial charge on any atom is -0.317 e. The van der Waals surface area contributed by atoms with Crippen molar-refractivity contribution in [2.75, 3.05) is 5.32 Å². The van der Waals surface area contributed by atoms with Crippen molar-refractivity contribution >= 4 is 40.5 Å². The molecule has 7 nitrogen and oxygen atoms in total. The zero-order chi connectivity index (χ0) is 15.6. The average molecular weight is 331 g/mol. The van der Waals surface area contributed by atoms with Gasteiger partial charge in [-0.3, -0.25) is 14.9 Å². The van der Waals surface area contributed by atoms with Crippen molar-refractivity contribution in [1.82, 2.24) is 9.97 Å². The molecule has 1 amide bonds. The van der Waals surface area contributed by atoms with Gasteiger partial charge in [0.05, 0.1) is 10.5 Å². The molecule has 0 spiro atoms. The smallest absolute Gasteiger partial charge is 0.270 e. The number of amides is 1. The molecule has 0 fully saturated rings. The molecule has 2 aromatic rings. The zero-order valence-corrected chi connectivity index (χ0v) is 11.5. The van der Waals surface area contributed by atoms with E-state index >= 15 is 0 Å². The molecule has 0 aliphatic heterocycles. The molecule has 0 saturated carbocycles. The van der Waals surface area contributed by atoms with Crippen LogP contribution in [0.2, 0.25) is 10.3 Å². The second-order valence-corrected chi connectivity index (χ2v) is 4.42. The van der Waals surface area contributed by atoms with Crippen molar-refractivity contribution < 1.29 is 14.1 Å². The predicted molar refractivity (Wildman–Crippen MR) is 73.1 cm³/mol. The number of carbonyl (C=O) groups excluding carboxylic acids is 1. The number of nitrogens with one attached hydrogen (secondary N) is 1. The minimum absolute atomic E-state index is 0.114. The molecule has 1 aromatic heterocycles. The molecule has 21 heavy (non-hydrogen) atoms. The lowest BCUT2D eigenvalue weighted by Gasteiger charge is -2.08. The number of nitrogens with zero attached hydrogens (tertiary/aromatic N) is 3. The van der Waals surface area contributed by atoms with Crippen molar-refractivity contribution in [3.8, 4) is 0 Å². The zero-order valence-electron chi connectivity index (χ0n) is 10.0. The fourth-order valence-corrected chi connectivity index (χ4v) is 1.84. The highest BCUT2D eigenvalue weighted by Crippen LogP contribution is 2.27. The van der Waals surface area contributed by atoms with Crippen LogP contribution in [0.1, 0.15) is 10.4 Å². The summed E-state index contributed by atoms with van der Waals surface area (Å²) in [7, 11) is 0. The van der Waals surface area contributed by atoms with Crippen LogP contribution in [0.4, 0.5) is 15.8 Å². The van der Waals surface area contributed by atoms with Crippen LogP contribution in [0.25, 0.3) is 0 Å². The molecule has 10 heteroatoms. The number of nitro benzene ring substituents is 1. The molecule has 0 aliphatic rings. The second-order valence-electron chi connectivity index (χ2n) is 3.71. The topological polar surface area (TPSA) is 98.0 Å². The quantitative estimate of drug-likeness (QED) is 0.529. The molecule has 1 aromatic carbocycles. The molecular weight excluding hydrogens is 326 g/mol. The molecule has 1 heterocycles. The molecule has 0 atom stereocenters. The standard InChI is InChI=1S/C11H5Cl2FN4O3/c12-9-8(10(13)16-4-15-9)17-11(19)6-3-5(18(20)21)1-2-7(6)14/h1-4H,(H,17,19). The summed E-state index contributed by atoms with van der Waals surface area (Å²) in [6, 6.07) is 2.56. The Morgan fingerprint density at radius 1 is 1.29 bits per heavy atom. The number of hydrogen-bond acceptors (Lipinski definition) is 5. The van der Waals surface area contributed by atoms with Crippen molar-refractivity contribution in [2.45, 2.75) is 0 Å². The minimum atomic E-state index is -0.963. The Hall–Kier alpha value is -2.32. The van der Waals surface area contributed by atoms with E-state index in [1.165, 1.54) is 0 Å². The Morgan fingerprint density at radius 3 is 2.48 bits per heavy atom. The van der Waals surface area contributed by atoms with Gasteiger partial charge in [-0.1, -0.05) is 23.2 Å². The van der Waals surface area contributed by atoms with Gasteiger partial charge in [-0.05, 0) is 6.07 Å². The van der Waals surface area contributed by atoms with Gasteiger partial charge in [-0.2, -0.15) is 0 Å². The van der Waals surface area contributed by atoms with Crippen LogP contribution in [-0.2, 0) is 0 Å². The lowest BCUT2D eigenvalue weighted by molar-refractivity contribution is -0.384. The molecular formula is C11H5Cl2FN4O3. The molecule has 108 valence electrons. The van der Waals surface area contributed by atoms with Crippen LogP contribution in [0.3, 0.4) is 0 Å². The van der Waals surface area contributed by atoms with Gasteiger partial charge in [0, 0.05) is 12.1 Å². The maximum Gasteiger partial charge on any atom is 0.270 e. The number of carbonyl (C=O) groups is 1. The van der Waals surface area contributed by atoms with Gasteiger partial charge >= 0.3 is 0 Å². The number of benzene rings is 1. The monoisotopic (exact) mass is 330 g/mol. The molecule has 0 bridgehead atoms. The number of nitro groups is 1. The first-order valence-electron chi connectivity index (χ1n) is 5.31. The van der Waals surface area contributed by atoms with Gasteiger partial charge in [0.15, 0.2) is 10.3 Å². The van der Waals surface area contributed by atoms with E-state index in [9.17, 15) is 19.3 Å². The van der Waals surface area contributed by atoms with Crippen molar-refractivity contribution in [2.24, 2.45) is 0 Å². The van der Waals surface area contributed by atoms with Crippen molar-refractivity contribution in [3.63, 3.8) is 0 Å². The van der Waals surface area contributed by atoms with Crippen LogP contribution in [0, 0.1) is 15.9 Å². The maximum atomic E-state index is 13.6. The Kier molecular flexibility index (Phi) is 4.29. The summed E-state index contributed by atoms with van der Waals surface area (Å²) in [5.74, 6) is -1.89. The van der Waals surface area contributed by atoms with Crippen LogP contribution in [0.15, 0.2) is 24.5 Å². The van der Waals surface area contributed by atoms with E-state index in [1.807, 2.05) is 0 Å². The van der Waals surface area contributed by atoms with Crippen molar-refractivity contribution in [3.05, 3.63) is 56.3 Å². The van der Waals surface area contributed by atoms with Crippen molar-refractivity contribution in [1.29, 1.82) is 0 Å². The van der Waals surface area contributed by atoms with E-state index in [-0.39, 0.29) is 16.0 Å². The molecule has 0 saturated heterocycles. The fraction of sp³-hybridized carbons (Fsp3) is 0. The van der Waals surface area contributed by atoms with Gasteiger partial charge in [-0.25, -0.2) is 14.4 Å². The van der Waals surface area contributed by atoms with Gasteiger partial charge in [0.25, 0.3) is 11.6 Å². The lowest BCUT2D eigenvalue weighted by atomic mass is 10.1. The van der Waals surface area contributed by atoms with E-state index in [0.717, 1.165) is 24.5 Å². The van der Waals surface area contributed by atoms with Crippen LogP contribution in [0.5, 0.6) is 0 Å². The predicted octanol–water partition coefficient (Wildman–Crippen LogP) is 3.08. The molecule has 1 N–H and O–H groups in total. The average Bonchev–Trinajstić information content (AvgIpc) is 2.43. The summed E-state index contributed by atoms with van der Waals surface area (Å²) in [6.07, 6.45) is 1.08. The number of halogens is 3. The molecule has 2 rings (SSSR count). The third-order valence-corrected chi connectivity index (χ3v) is 2.97. The Morgan fingerprint density at radius 2 is 1.90 bits per heavy atom. The largest absolute Gasteiger partial charge is 0.317 e. The fourth-order valence-electron chi connectivity index (χ4n) is 1.43. The maximum absolute atomic E-state index is 13.6. The number of hydrogen-bond donors (Lipinski definition) is 1. The Labute approximate surface area is 126 Å². The lowest BCUT2D eigenvalue weighted by Crippen LogP contribution is -2.15. The second kappa shape index (κ2) is 5.98. The van der Waals surface area contributed by atoms with Crippen LogP contribution >= 0.6 is 23.2 Å². The summed E-state index contributed by atoms with van der Waals surface area (Å²) in [6.45, 7) is 0. The SMILES string of the molecule is O=C(Nc1c(Cl)ncnc1Cl)c1cc([N+](=O)[O-])ccc1F. The van der Waals surface area contributed by atoms with Gasteiger partial charge in [0.1, 0.15) is 17.8 Å². The molecule has 0 aliphatic carbocycles. The first-order valence-corrected chi connectivity index (χ1v) is 6.07. The van der Waals surface area contributed by atoms with Crippen LogP contribution in [-0.4, -0.2) is 20.8 Å². The number of aromatic nitrogens is 2. The number of rotatable bonds is 3. The highest BCUT2D eigenvalue weighted by atomic mass is 35.5. The molecule has 0 radical (unpaired) electrons. The van der Waals surface area contributed by atoms with E-state index in [0.29, 0.717) is 0 Å². The van der Waals surface area contributed by atoms with E-state index in [2.05, 4.69) is 15.3 Å². The van der Waals surface area contributed by atoms with Gasteiger partial charge < -0.3 is 5.32 Å². The first-order chi connectivity index (χ1) is 9.90. The van der Waals surface area contributed by atoms with Crippen LogP contribution < -0.4 is 5.32 Å². The number of non-ortho nitro benzene ring substituents is 1. The van der Waals surface area contributed by atoms with Gasteiger partial charge in [-0.15, -0.1) is 0 Å². The highest BCUT2D eigenvalue weighted by Gasteiger charge is 2.19. The summed E-state index contributed by atoms with van der Waals surface area (Å²) in [4.78, 5) is 29.1. The third-order valence-electron chi connectivity index (χ3n) is 2.40. The highest BCUT2D eigenvalue weighted by molar-refractivity contribution is 6.38. The van der Waals surface area contributed by atoms with E-state index in [1.54, 1.807) is 0 Å². The van der Waals surface area contributed by atoms with E-state index < -0.39 is 27.9 Å². The summed E-state index contributed by atoms with van der Waals surface area (Å²) in [5.41, 5.74) is -1.07. The molecule has 0 unspecified atom stereocenters. The Bertz CT molecular complexity index is 721. The summed E-state index contributed by atoms with van der Waals surface area (Å²) < 4.78 is 13.6. The Balaban J connectivity index is 2.37.